The van der Waals surface area contributed by atoms with E-state index in [1.807, 2.05) is 0 Å². The highest BCUT2D eigenvalue weighted by Gasteiger charge is 2.42. The lowest BCUT2D eigenvalue weighted by molar-refractivity contribution is 0.158. The van der Waals surface area contributed by atoms with Crippen molar-refractivity contribution < 1.29 is 0 Å². The fourth-order valence-electron chi connectivity index (χ4n) is 2.96. The van der Waals surface area contributed by atoms with Gasteiger partial charge in [0.1, 0.15) is 0 Å². The van der Waals surface area contributed by atoms with Crippen LogP contribution < -0.4 is 5.73 Å². The molecule has 0 spiro atoms. The highest BCUT2D eigenvalue weighted by molar-refractivity contribution is 5.15. The zero-order valence-electron chi connectivity index (χ0n) is 11.8. The predicted octanol–water partition coefficient (Wildman–Crippen LogP) is 1.54. The second-order valence-electron chi connectivity index (χ2n) is 5.77. The molecule has 1 heterocycles. The summed E-state index contributed by atoms with van der Waals surface area (Å²) in [5, 5.41) is 0. The molecule has 1 fully saturated rings. The summed E-state index contributed by atoms with van der Waals surface area (Å²) in [4.78, 5) is 4.84. The van der Waals surface area contributed by atoms with Crippen molar-refractivity contribution in [3.63, 3.8) is 0 Å². The molecule has 1 aromatic rings. The lowest BCUT2D eigenvalue weighted by atomic mass is 9.95. The second-order valence-corrected chi connectivity index (χ2v) is 5.77. The maximum Gasteiger partial charge on any atom is 0.0467 e. The van der Waals surface area contributed by atoms with Gasteiger partial charge in [-0.2, -0.15) is 0 Å². The van der Waals surface area contributed by atoms with Crippen LogP contribution in [0.1, 0.15) is 18.9 Å². The summed E-state index contributed by atoms with van der Waals surface area (Å²) >= 11 is 0. The van der Waals surface area contributed by atoms with Crippen LogP contribution in [0.5, 0.6) is 0 Å². The van der Waals surface area contributed by atoms with Gasteiger partial charge < -0.3 is 10.6 Å². The molecule has 1 aromatic carbocycles. The van der Waals surface area contributed by atoms with Gasteiger partial charge in [-0.3, -0.25) is 4.90 Å². The van der Waals surface area contributed by atoms with Crippen molar-refractivity contribution in [3.05, 3.63) is 35.9 Å². The Morgan fingerprint density at radius 3 is 2.50 bits per heavy atom. The van der Waals surface area contributed by atoms with Gasteiger partial charge in [0.15, 0.2) is 0 Å². The van der Waals surface area contributed by atoms with E-state index in [1.54, 1.807) is 0 Å². The van der Waals surface area contributed by atoms with E-state index in [0.717, 1.165) is 26.1 Å². The average Bonchev–Trinajstić information content (AvgIpc) is 2.69. The van der Waals surface area contributed by atoms with Gasteiger partial charge in [-0.15, -0.1) is 0 Å². The largest absolute Gasteiger partial charge is 0.329 e. The third-order valence-corrected chi connectivity index (χ3v) is 4.35. The molecular formula is C15H25N3. The van der Waals surface area contributed by atoms with Crippen molar-refractivity contribution in [2.45, 2.75) is 31.5 Å². The molecule has 1 aliphatic heterocycles. The van der Waals surface area contributed by atoms with E-state index < -0.39 is 0 Å². The van der Waals surface area contributed by atoms with E-state index in [9.17, 15) is 0 Å². The number of nitrogens with zero attached hydrogens (tertiary/aromatic N) is 2. The minimum absolute atomic E-state index is 0.147. The molecule has 3 heteroatoms. The molecule has 0 radical (unpaired) electrons. The van der Waals surface area contributed by atoms with Gasteiger partial charge in [0.25, 0.3) is 0 Å². The first-order valence-electron chi connectivity index (χ1n) is 6.73. The van der Waals surface area contributed by atoms with Crippen LogP contribution in [-0.2, 0) is 6.54 Å². The number of hydrogen-bond acceptors (Lipinski definition) is 3. The van der Waals surface area contributed by atoms with Gasteiger partial charge in [0.2, 0.25) is 0 Å². The molecule has 2 rings (SSSR count). The van der Waals surface area contributed by atoms with Crippen molar-refractivity contribution in [3.8, 4) is 0 Å². The SMILES string of the molecule is CC1CC(CN)(N(C)C)CN1Cc1ccccc1. The standard InChI is InChI=1S/C15H25N3/c1-13-9-15(11-16,17(2)3)12-18(13)10-14-7-5-4-6-8-14/h4-8,13H,9-12,16H2,1-3H3. The Bertz CT molecular complexity index is 377. The van der Waals surface area contributed by atoms with Crippen molar-refractivity contribution in [2.75, 3.05) is 27.2 Å². The van der Waals surface area contributed by atoms with E-state index in [1.165, 1.54) is 5.56 Å². The van der Waals surface area contributed by atoms with Crippen LogP contribution in [0.3, 0.4) is 0 Å². The van der Waals surface area contributed by atoms with Crippen molar-refractivity contribution in [1.29, 1.82) is 0 Å². The molecule has 3 nitrogen and oxygen atoms in total. The van der Waals surface area contributed by atoms with Gasteiger partial charge in [0.05, 0.1) is 0 Å². The topological polar surface area (TPSA) is 32.5 Å². The third-order valence-electron chi connectivity index (χ3n) is 4.35. The molecule has 0 saturated carbocycles. The normalized spacial score (nSPS) is 29.1. The molecule has 2 atom stereocenters. The van der Waals surface area contributed by atoms with E-state index in [0.29, 0.717) is 6.04 Å². The second kappa shape index (κ2) is 5.39. The number of nitrogens with two attached hydrogens (primary N) is 1. The lowest BCUT2D eigenvalue weighted by Crippen LogP contribution is -2.52. The van der Waals surface area contributed by atoms with Crippen LogP contribution in [-0.4, -0.2) is 48.6 Å². The highest BCUT2D eigenvalue weighted by Crippen LogP contribution is 2.31. The maximum atomic E-state index is 6.02. The van der Waals surface area contributed by atoms with Crippen LogP contribution in [0.2, 0.25) is 0 Å². The molecule has 1 aliphatic rings. The molecule has 100 valence electrons. The van der Waals surface area contributed by atoms with E-state index in [4.69, 9.17) is 5.73 Å². The summed E-state index contributed by atoms with van der Waals surface area (Å²) in [5.41, 5.74) is 7.55. The zero-order chi connectivity index (χ0) is 13.2. The molecule has 2 unspecified atom stereocenters. The van der Waals surface area contributed by atoms with E-state index in [2.05, 4.69) is 61.2 Å². The summed E-state index contributed by atoms with van der Waals surface area (Å²) in [7, 11) is 4.29. The van der Waals surface area contributed by atoms with Gasteiger partial charge in [-0.25, -0.2) is 0 Å². The molecule has 0 bridgehead atoms. The first-order chi connectivity index (χ1) is 8.57. The number of benzene rings is 1. The molecule has 18 heavy (non-hydrogen) atoms. The Kier molecular flexibility index (Phi) is 4.05. The smallest absolute Gasteiger partial charge is 0.0467 e. The summed E-state index contributed by atoms with van der Waals surface area (Å²) < 4.78 is 0. The first kappa shape index (κ1) is 13.5. The Morgan fingerprint density at radius 2 is 2.00 bits per heavy atom. The average molecular weight is 247 g/mol. The monoisotopic (exact) mass is 247 g/mol. The van der Waals surface area contributed by atoms with E-state index in [-0.39, 0.29) is 5.54 Å². The van der Waals surface area contributed by atoms with Gasteiger partial charge in [0, 0.05) is 31.2 Å². The number of likely N-dealkylation sites (tertiary alicyclic amines) is 1. The zero-order valence-corrected chi connectivity index (χ0v) is 11.8. The van der Waals surface area contributed by atoms with Crippen molar-refractivity contribution >= 4 is 0 Å². The fraction of sp³-hybridized carbons (Fsp3) is 0.600. The number of rotatable bonds is 4. The predicted molar refractivity (Wildman–Crippen MR) is 76.4 cm³/mol. The minimum atomic E-state index is 0.147. The first-order valence-corrected chi connectivity index (χ1v) is 6.73. The van der Waals surface area contributed by atoms with Gasteiger partial charge in [-0.05, 0) is 33.0 Å². The van der Waals surface area contributed by atoms with Gasteiger partial charge >= 0.3 is 0 Å². The minimum Gasteiger partial charge on any atom is -0.329 e. The Hall–Kier alpha value is -0.900. The number of hydrogen-bond donors (Lipinski definition) is 1. The van der Waals surface area contributed by atoms with Gasteiger partial charge in [-0.1, -0.05) is 30.3 Å². The van der Waals surface area contributed by atoms with E-state index >= 15 is 0 Å². The Labute approximate surface area is 111 Å². The highest BCUT2D eigenvalue weighted by atomic mass is 15.3. The van der Waals surface area contributed by atoms with Crippen LogP contribution in [0.25, 0.3) is 0 Å². The van der Waals surface area contributed by atoms with Crippen molar-refractivity contribution in [1.82, 2.24) is 9.80 Å². The molecule has 0 aliphatic carbocycles. The third kappa shape index (κ3) is 2.58. The molecule has 1 saturated heterocycles. The maximum absolute atomic E-state index is 6.02. The van der Waals surface area contributed by atoms with Crippen molar-refractivity contribution in [2.24, 2.45) is 5.73 Å². The summed E-state index contributed by atoms with van der Waals surface area (Å²) in [6.07, 6.45) is 1.16. The van der Waals surface area contributed by atoms with Crippen LogP contribution >= 0.6 is 0 Å². The Balaban J connectivity index is 2.08. The molecule has 0 aromatic heterocycles. The summed E-state index contributed by atoms with van der Waals surface area (Å²) in [6, 6.07) is 11.3. The summed E-state index contributed by atoms with van der Waals surface area (Å²) in [6.45, 7) is 5.13. The molecule has 2 N–H and O–H groups in total. The van der Waals surface area contributed by atoms with Crippen LogP contribution in [0.15, 0.2) is 30.3 Å². The molecular weight excluding hydrogens is 222 g/mol. The summed E-state index contributed by atoms with van der Waals surface area (Å²) in [5.74, 6) is 0. The fourth-order valence-corrected chi connectivity index (χ4v) is 2.96. The van der Waals surface area contributed by atoms with Crippen LogP contribution in [0, 0.1) is 0 Å². The lowest BCUT2D eigenvalue weighted by Gasteiger charge is -2.35. The number of likely N-dealkylation sites (N-methyl/N-ethyl adjacent to an activating group) is 1. The Morgan fingerprint density at radius 1 is 1.33 bits per heavy atom. The quantitative estimate of drug-likeness (QED) is 0.876. The van der Waals surface area contributed by atoms with Crippen LogP contribution in [0.4, 0.5) is 0 Å². The molecule has 0 amide bonds.